The molecule has 0 radical (unpaired) electrons. The van der Waals surface area contributed by atoms with Gasteiger partial charge in [-0.3, -0.25) is 0 Å². The molecule has 0 aliphatic rings. The number of nitrogens with one attached hydrogen (secondary N) is 1. The monoisotopic (exact) mass is 294 g/mol. The summed E-state index contributed by atoms with van der Waals surface area (Å²) in [6.07, 6.45) is 1.56. The molecule has 108 valence electrons. The van der Waals surface area contributed by atoms with Crippen LogP contribution in [0, 0.1) is 6.92 Å². The zero-order valence-electron chi connectivity index (χ0n) is 11.8. The van der Waals surface area contributed by atoms with Crippen LogP contribution in [0.2, 0.25) is 0 Å². The second kappa shape index (κ2) is 5.76. The van der Waals surface area contributed by atoms with Gasteiger partial charge in [-0.05, 0) is 30.5 Å². The molecule has 0 saturated carbocycles. The second-order valence-corrected chi connectivity index (χ2v) is 6.68. The van der Waals surface area contributed by atoms with Crippen LogP contribution < -0.4 is 4.72 Å². The number of hydrogen-bond acceptors (Lipinski definition) is 4. The van der Waals surface area contributed by atoms with Crippen LogP contribution in [-0.4, -0.2) is 13.4 Å². The summed E-state index contributed by atoms with van der Waals surface area (Å²) in [4.78, 5) is 4.20. The van der Waals surface area contributed by atoms with Gasteiger partial charge in [-0.1, -0.05) is 26.0 Å². The van der Waals surface area contributed by atoms with Gasteiger partial charge in [0.15, 0.2) is 0 Å². The maximum absolute atomic E-state index is 12.1. The summed E-state index contributed by atoms with van der Waals surface area (Å²) in [7, 11) is -3.54. The highest BCUT2D eigenvalue weighted by Gasteiger charge is 2.15. The normalized spacial score (nSPS) is 12.0. The van der Waals surface area contributed by atoms with E-state index >= 15 is 0 Å². The smallest absolute Gasteiger partial charge is 0.241 e. The highest BCUT2D eigenvalue weighted by Crippen LogP contribution is 2.17. The molecule has 0 unspecified atom stereocenters. The first-order chi connectivity index (χ1) is 9.38. The number of benzene rings is 1. The molecular formula is C14H18N2O3S. The van der Waals surface area contributed by atoms with Gasteiger partial charge in [0.05, 0.1) is 17.6 Å². The zero-order chi connectivity index (χ0) is 14.8. The van der Waals surface area contributed by atoms with E-state index in [1.807, 2.05) is 12.1 Å². The van der Waals surface area contributed by atoms with Crippen molar-refractivity contribution in [2.75, 3.05) is 0 Å². The summed E-state index contributed by atoms with van der Waals surface area (Å²) in [6, 6.07) is 6.88. The van der Waals surface area contributed by atoms with Gasteiger partial charge in [-0.25, -0.2) is 18.1 Å². The van der Waals surface area contributed by atoms with Crippen molar-refractivity contribution in [1.82, 2.24) is 9.71 Å². The molecule has 0 atom stereocenters. The molecule has 0 fully saturated rings. The molecule has 1 aromatic heterocycles. The maximum Gasteiger partial charge on any atom is 0.241 e. The molecular weight excluding hydrogens is 276 g/mol. The van der Waals surface area contributed by atoms with E-state index in [4.69, 9.17) is 4.42 Å². The van der Waals surface area contributed by atoms with Crippen molar-refractivity contribution in [1.29, 1.82) is 0 Å². The number of nitrogens with zero attached hydrogens (tertiary/aromatic N) is 1. The Hall–Kier alpha value is -1.66. The van der Waals surface area contributed by atoms with Gasteiger partial charge in [-0.2, -0.15) is 0 Å². The quantitative estimate of drug-likeness (QED) is 0.920. The third-order valence-electron chi connectivity index (χ3n) is 2.94. The number of rotatable bonds is 5. The van der Waals surface area contributed by atoms with Crippen molar-refractivity contribution < 1.29 is 12.8 Å². The summed E-state index contributed by atoms with van der Waals surface area (Å²) in [5, 5.41) is 0. The largest absolute Gasteiger partial charge is 0.445 e. The van der Waals surface area contributed by atoms with Gasteiger partial charge in [0.2, 0.25) is 15.9 Å². The predicted molar refractivity (Wildman–Crippen MR) is 75.8 cm³/mol. The summed E-state index contributed by atoms with van der Waals surface area (Å²) in [6.45, 7) is 5.93. The fourth-order valence-electron chi connectivity index (χ4n) is 1.76. The van der Waals surface area contributed by atoms with E-state index in [0.717, 1.165) is 5.56 Å². The Labute approximate surface area is 119 Å². The number of sulfonamides is 1. The fraction of sp³-hybridized carbons (Fsp3) is 0.357. The molecule has 0 aliphatic heterocycles. The Morgan fingerprint density at radius 1 is 1.25 bits per heavy atom. The van der Waals surface area contributed by atoms with Crippen molar-refractivity contribution in [2.24, 2.45) is 0 Å². The van der Waals surface area contributed by atoms with Gasteiger partial charge in [0.25, 0.3) is 0 Å². The second-order valence-electron chi connectivity index (χ2n) is 4.91. The van der Waals surface area contributed by atoms with Gasteiger partial charge < -0.3 is 4.42 Å². The molecule has 0 saturated heterocycles. The van der Waals surface area contributed by atoms with Gasteiger partial charge in [0, 0.05) is 0 Å². The topological polar surface area (TPSA) is 72.2 Å². The first-order valence-corrected chi connectivity index (χ1v) is 7.88. The van der Waals surface area contributed by atoms with E-state index in [9.17, 15) is 8.42 Å². The van der Waals surface area contributed by atoms with E-state index < -0.39 is 10.0 Å². The molecule has 0 aliphatic carbocycles. The van der Waals surface area contributed by atoms with Crippen molar-refractivity contribution in [3.05, 3.63) is 47.7 Å². The Morgan fingerprint density at radius 2 is 1.90 bits per heavy atom. The van der Waals surface area contributed by atoms with E-state index in [0.29, 0.717) is 17.6 Å². The molecule has 2 rings (SSSR count). The average Bonchev–Trinajstić information content (AvgIpc) is 2.82. The third-order valence-corrected chi connectivity index (χ3v) is 4.36. The van der Waals surface area contributed by atoms with Crippen molar-refractivity contribution in [3.63, 3.8) is 0 Å². The Bertz CT molecular complexity index is 673. The number of aryl methyl sites for hydroxylation is 1. The minimum Gasteiger partial charge on any atom is -0.445 e. The maximum atomic E-state index is 12.1. The van der Waals surface area contributed by atoms with Gasteiger partial charge >= 0.3 is 0 Å². The average molecular weight is 294 g/mol. The number of hydrogen-bond donors (Lipinski definition) is 1. The van der Waals surface area contributed by atoms with Crippen LogP contribution >= 0.6 is 0 Å². The molecule has 1 heterocycles. The summed E-state index contributed by atoms with van der Waals surface area (Å²) >= 11 is 0. The Morgan fingerprint density at radius 3 is 2.40 bits per heavy atom. The lowest BCUT2D eigenvalue weighted by molar-refractivity contribution is 0.463. The lowest BCUT2D eigenvalue weighted by Gasteiger charge is -2.08. The first kappa shape index (κ1) is 14.7. The fourth-order valence-corrected chi connectivity index (χ4v) is 2.73. The van der Waals surface area contributed by atoms with E-state index in [-0.39, 0.29) is 11.4 Å². The van der Waals surface area contributed by atoms with Crippen LogP contribution in [0.5, 0.6) is 0 Å². The molecule has 0 amide bonds. The van der Waals surface area contributed by atoms with Crippen molar-refractivity contribution >= 4 is 10.0 Å². The standard InChI is InChI=1S/C14H18N2O3S/c1-10(2)12-4-6-13(7-5-12)20(17,18)16-9-14-15-8-11(3)19-14/h4-8,10,16H,9H2,1-3H3. The molecule has 20 heavy (non-hydrogen) atoms. The summed E-state index contributed by atoms with van der Waals surface area (Å²) < 4.78 is 31.9. The van der Waals surface area contributed by atoms with E-state index in [1.54, 1.807) is 25.3 Å². The lowest BCUT2D eigenvalue weighted by Crippen LogP contribution is -2.23. The minimum atomic E-state index is -3.54. The molecule has 5 nitrogen and oxygen atoms in total. The summed E-state index contributed by atoms with van der Waals surface area (Å²) in [5.41, 5.74) is 1.10. The van der Waals surface area contributed by atoms with E-state index in [2.05, 4.69) is 23.6 Å². The highest BCUT2D eigenvalue weighted by atomic mass is 32.2. The van der Waals surface area contributed by atoms with Gasteiger partial charge in [-0.15, -0.1) is 0 Å². The summed E-state index contributed by atoms with van der Waals surface area (Å²) in [5.74, 6) is 1.38. The van der Waals surface area contributed by atoms with Crippen LogP contribution in [0.15, 0.2) is 39.8 Å². The molecule has 0 bridgehead atoms. The zero-order valence-corrected chi connectivity index (χ0v) is 12.6. The Kier molecular flexibility index (Phi) is 4.25. The van der Waals surface area contributed by atoms with Gasteiger partial charge in [0.1, 0.15) is 5.76 Å². The van der Waals surface area contributed by atoms with Crippen molar-refractivity contribution in [3.8, 4) is 0 Å². The lowest BCUT2D eigenvalue weighted by atomic mass is 10.0. The van der Waals surface area contributed by atoms with Crippen LogP contribution in [0.4, 0.5) is 0 Å². The number of aromatic nitrogens is 1. The predicted octanol–water partition coefficient (Wildman–Crippen LogP) is 2.58. The van der Waals surface area contributed by atoms with Crippen LogP contribution in [-0.2, 0) is 16.6 Å². The highest BCUT2D eigenvalue weighted by molar-refractivity contribution is 7.89. The van der Waals surface area contributed by atoms with E-state index in [1.165, 1.54) is 0 Å². The molecule has 2 aromatic rings. The Balaban J connectivity index is 2.09. The molecule has 6 heteroatoms. The third kappa shape index (κ3) is 3.46. The number of oxazole rings is 1. The molecule has 1 aromatic carbocycles. The van der Waals surface area contributed by atoms with Crippen LogP contribution in [0.25, 0.3) is 0 Å². The minimum absolute atomic E-state index is 0.0438. The van der Waals surface area contributed by atoms with Crippen molar-refractivity contribution in [2.45, 2.75) is 38.1 Å². The SMILES string of the molecule is Cc1cnc(CNS(=O)(=O)c2ccc(C(C)C)cc2)o1. The van der Waals surface area contributed by atoms with Crippen LogP contribution in [0.1, 0.15) is 37.0 Å². The molecule has 1 N–H and O–H groups in total. The first-order valence-electron chi connectivity index (χ1n) is 6.39. The molecule has 0 spiro atoms. The van der Waals surface area contributed by atoms with Crippen LogP contribution in [0.3, 0.4) is 0 Å².